The molecule has 0 aliphatic carbocycles. The fraction of sp³-hybridized carbons (Fsp3) is 0.0588. The number of hydrogen-bond donors (Lipinski definition) is 1. The highest BCUT2D eigenvalue weighted by Crippen LogP contribution is 2.27. The second kappa shape index (κ2) is 6.95. The van der Waals surface area contributed by atoms with Crippen molar-refractivity contribution < 1.29 is 19.4 Å². The fourth-order valence-electron chi connectivity index (χ4n) is 1.74. The third-order valence-electron chi connectivity index (χ3n) is 2.81. The summed E-state index contributed by atoms with van der Waals surface area (Å²) < 4.78 is 10.1. The topological polar surface area (TPSA) is 79.5 Å². The van der Waals surface area contributed by atoms with Crippen molar-refractivity contribution in [2.75, 3.05) is 7.11 Å². The first-order chi connectivity index (χ1) is 10.6. The van der Waals surface area contributed by atoms with E-state index >= 15 is 0 Å². The van der Waals surface area contributed by atoms with Crippen LogP contribution in [0.4, 0.5) is 0 Å². The van der Waals surface area contributed by atoms with Gasteiger partial charge in [0.15, 0.2) is 11.5 Å². The number of para-hydroxylation sites is 1. The molecule has 0 aliphatic heterocycles. The molecule has 0 saturated heterocycles. The summed E-state index contributed by atoms with van der Waals surface area (Å²) in [5.74, 6) is -0.162. The average molecular weight is 295 g/mol. The minimum absolute atomic E-state index is 0.0231. The van der Waals surface area contributed by atoms with E-state index in [2.05, 4.69) is 0 Å². The lowest BCUT2D eigenvalue weighted by atomic mass is 10.1. The summed E-state index contributed by atoms with van der Waals surface area (Å²) in [5.41, 5.74) is 0.382. The molecule has 0 atom stereocenters. The van der Waals surface area contributed by atoms with Gasteiger partial charge in [-0.1, -0.05) is 24.3 Å². The highest BCUT2D eigenvalue weighted by Gasteiger charge is 2.12. The van der Waals surface area contributed by atoms with Crippen LogP contribution in [-0.4, -0.2) is 18.2 Å². The van der Waals surface area contributed by atoms with Crippen LogP contribution in [0.5, 0.6) is 17.2 Å². The number of carbonyl (C=O) groups excluding carboxylic acids is 1. The molecule has 2 rings (SSSR count). The first kappa shape index (κ1) is 15.1. The van der Waals surface area contributed by atoms with Crippen LogP contribution in [0.25, 0.3) is 6.08 Å². The van der Waals surface area contributed by atoms with Gasteiger partial charge in [0.2, 0.25) is 0 Å². The van der Waals surface area contributed by atoms with Crippen LogP contribution in [0.3, 0.4) is 0 Å². The maximum Gasteiger partial charge on any atom is 0.354 e. The summed E-state index contributed by atoms with van der Waals surface area (Å²) >= 11 is 0. The number of phenols is 1. The highest BCUT2D eigenvalue weighted by molar-refractivity contribution is 5.99. The predicted molar refractivity (Wildman–Crippen MR) is 80.3 cm³/mol. The van der Waals surface area contributed by atoms with Gasteiger partial charge in [-0.05, 0) is 35.9 Å². The molecule has 0 bridgehead atoms. The van der Waals surface area contributed by atoms with Crippen molar-refractivity contribution in [1.29, 1.82) is 5.26 Å². The Hall–Kier alpha value is -3.26. The molecule has 2 aromatic rings. The van der Waals surface area contributed by atoms with Crippen LogP contribution in [0.15, 0.2) is 54.1 Å². The largest absolute Gasteiger partial charge is 0.504 e. The molecule has 0 aromatic heterocycles. The number of methoxy groups -OCH3 is 1. The van der Waals surface area contributed by atoms with Gasteiger partial charge in [-0.15, -0.1) is 0 Å². The molecule has 5 heteroatoms. The van der Waals surface area contributed by atoms with E-state index in [1.165, 1.54) is 25.3 Å². The molecule has 0 heterocycles. The van der Waals surface area contributed by atoms with Crippen molar-refractivity contribution in [3.63, 3.8) is 0 Å². The number of aromatic hydroxyl groups is 1. The maximum atomic E-state index is 12.0. The van der Waals surface area contributed by atoms with Gasteiger partial charge in [0.25, 0.3) is 0 Å². The molecule has 22 heavy (non-hydrogen) atoms. The van der Waals surface area contributed by atoms with Crippen molar-refractivity contribution >= 4 is 12.0 Å². The van der Waals surface area contributed by atoms with Gasteiger partial charge < -0.3 is 14.6 Å². The second-order valence-corrected chi connectivity index (χ2v) is 4.30. The van der Waals surface area contributed by atoms with Crippen LogP contribution < -0.4 is 9.47 Å². The normalized spacial score (nSPS) is 10.6. The van der Waals surface area contributed by atoms with Gasteiger partial charge in [0.1, 0.15) is 17.4 Å². The standard InChI is InChI=1S/C17H13NO4/c1-21-16-10-12(7-8-15(16)19)9-13(11-18)17(20)22-14-5-3-2-4-6-14/h2-10,19H,1H3/b13-9+. The molecule has 2 aromatic carbocycles. The van der Waals surface area contributed by atoms with Crippen LogP contribution >= 0.6 is 0 Å². The number of hydrogen-bond acceptors (Lipinski definition) is 5. The van der Waals surface area contributed by atoms with Gasteiger partial charge >= 0.3 is 5.97 Å². The van der Waals surface area contributed by atoms with E-state index in [0.717, 1.165) is 0 Å². The van der Waals surface area contributed by atoms with E-state index < -0.39 is 5.97 Å². The zero-order valence-corrected chi connectivity index (χ0v) is 11.8. The van der Waals surface area contributed by atoms with Crippen molar-refractivity contribution in [3.05, 3.63) is 59.7 Å². The van der Waals surface area contributed by atoms with Gasteiger partial charge in [-0.2, -0.15) is 5.26 Å². The molecule has 0 unspecified atom stereocenters. The van der Waals surface area contributed by atoms with Crippen LogP contribution in [0.1, 0.15) is 5.56 Å². The lowest BCUT2D eigenvalue weighted by Crippen LogP contribution is -2.09. The summed E-state index contributed by atoms with van der Waals surface area (Å²) in [6.07, 6.45) is 1.37. The Morgan fingerprint density at radius 2 is 1.95 bits per heavy atom. The Balaban J connectivity index is 2.24. The Bertz CT molecular complexity index is 745. The van der Waals surface area contributed by atoms with Gasteiger partial charge in [0.05, 0.1) is 7.11 Å². The number of benzene rings is 2. The van der Waals surface area contributed by atoms with Gasteiger partial charge in [0, 0.05) is 0 Å². The molecular formula is C17H13NO4. The highest BCUT2D eigenvalue weighted by atomic mass is 16.5. The van der Waals surface area contributed by atoms with E-state index in [1.54, 1.807) is 42.5 Å². The molecule has 0 saturated carbocycles. The van der Waals surface area contributed by atoms with E-state index in [4.69, 9.17) is 14.7 Å². The number of rotatable bonds is 4. The molecule has 0 radical (unpaired) electrons. The second-order valence-electron chi connectivity index (χ2n) is 4.30. The Morgan fingerprint density at radius 1 is 1.23 bits per heavy atom. The number of nitriles is 1. The summed E-state index contributed by atoms with van der Waals surface area (Å²) in [7, 11) is 1.41. The third-order valence-corrected chi connectivity index (χ3v) is 2.81. The number of carbonyl (C=O) groups is 1. The fourth-order valence-corrected chi connectivity index (χ4v) is 1.74. The first-order valence-electron chi connectivity index (χ1n) is 6.40. The minimum Gasteiger partial charge on any atom is -0.504 e. The van der Waals surface area contributed by atoms with E-state index in [-0.39, 0.29) is 17.1 Å². The zero-order valence-electron chi connectivity index (χ0n) is 11.8. The zero-order chi connectivity index (χ0) is 15.9. The van der Waals surface area contributed by atoms with Crippen LogP contribution in [-0.2, 0) is 4.79 Å². The summed E-state index contributed by atoms with van der Waals surface area (Å²) in [6, 6.07) is 14.8. The van der Waals surface area contributed by atoms with Crippen molar-refractivity contribution in [3.8, 4) is 23.3 Å². The first-order valence-corrected chi connectivity index (χ1v) is 6.40. The maximum absolute atomic E-state index is 12.0. The van der Waals surface area contributed by atoms with E-state index in [1.807, 2.05) is 0 Å². The van der Waals surface area contributed by atoms with Crippen molar-refractivity contribution in [1.82, 2.24) is 0 Å². The number of ether oxygens (including phenoxy) is 2. The molecule has 110 valence electrons. The molecule has 5 nitrogen and oxygen atoms in total. The Labute approximate surface area is 127 Å². The lowest BCUT2D eigenvalue weighted by Gasteiger charge is -2.05. The molecular weight excluding hydrogens is 282 g/mol. The van der Waals surface area contributed by atoms with Crippen molar-refractivity contribution in [2.45, 2.75) is 0 Å². The van der Waals surface area contributed by atoms with Crippen molar-refractivity contribution in [2.24, 2.45) is 0 Å². The number of phenolic OH excluding ortho intramolecular Hbond substituents is 1. The summed E-state index contributed by atoms with van der Waals surface area (Å²) in [6.45, 7) is 0. The van der Waals surface area contributed by atoms with Crippen LogP contribution in [0.2, 0.25) is 0 Å². The molecule has 0 fully saturated rings. The summed E-state index contributed by atoms with van der Waals surface area (Å²) in [5, 5.41) is 18.6. The molecule has 0 aliphatic rings. The smallest absolute Gasteiger partial charge is 0.354 e. The monoisotopic (exact) mass is 295 g/mol. The number of nitrogens with zero attached hydrogens (tertiary/aromatic N) is 1. The minimum atomic E-state index is -0.749. The molecule has 0 spiro atoms. The van der Waals surface area contributed by atoms with E-state index in [0.29, 0.717) is 11.3 Å². The van der Waals surface area contributed by atoms with Gasteiger partial charge in [-0.25, -0.2) is 4.79 Å². The average Bonchev–Trinajstić information content (AvgIpc) is 2.54. The Kier molecular flexibility index (Phi) is 4.78. The SMILES string of the molecule is COc1cc(/C=C(\C#N)C(=O)Oc2ccccc2)ccc1O. The number of esters is 1. The van der Waals surface area contributed by atoms with E-state index in [9.17, 15) is 9.90 Å². The third kappa shape index (κ3) is 3.64. The summed E-state index contributed by atoms with van der Waals surface area (Å²) in [4.78, 5) is 12.0. The predicted octanol–water partition coefficient (Wildman–Crippen LogP) is 2.91. The molecule has 1 N–H and O–H groups in total. The quantitative estimate of drug-likeness (QED) is 0.406. The van der Waals surface area contributed by atoms with Crippen LogP contribution in [0, 0.1) is 11.3 Å². The van der Waals surface area contributed by atoms with Gasteiger partial charge in [-0.3, -0.25) is 0 Å². The Morgan fingerprint density at radius 3 is 2.59 bits per heavy atom. The lowest BCUT2D eigenvalue weighted by molar-refractivity contribution is -0.129. The molecule has 0 amide bonds.